The highest BCUT2D eigenvalue weighted by Gasteiger charge is 2.30. The Morgan fingerprint density at radius 2 is 2.29 bits per heavy atom. The fraction of sp³-hybridized carbons (Fsp3) is 0.438. The van der Waals surface area contributed by atoms with Crippen LogP contribution in [-0.2, 0) is 11.3 Å². The molecule has 1 aliphatic carbocycles. The van der Waals surface area contributed by atoms with E-state index in [9.17, 15) is 0 Å². The molecule has 0 atom stereocenters. The molecule has 4 nitrogen and oxygen atoms in total. The second kappa shape index (κ2) is 6.60. The molecule has 1 aromatic carbocycles. The number of benzene rings is 1. The zero-order valence-electron chi connectivity index (χ0n) is 12.2. The van der Waals surface area contributed by atoms with Crippen molar-refractivity contribution < 1.29 is 4.74 Å². The Bertz CT molecular complexity index is 607. The van der Waals surface area contributed by atoms with Crippen molar-refractivity contribution in [1.82, 2.24) is 15.1 Å². The minimum Gasteiger partial charge on any atom is -0.383 e. The van der Waals surface area contributed by atoms with Crippen molar-refractivity contribution in [3.63, 3.8) is 0 Å². The van der Waals surface area contributed by atoms with Crippen LogP contribution in [0.1, 0.15) is 30.0 Å². The van der Waals surface area contributed by atoms with E-state index in [0.717, 1.165) is 30.4 Å². The van der Waals surface area contributed by atoms with E-state index in [0.29, 0.717) is 5.92 Å². The van der Waals surface area contributed by atoms with Crippen LogP contribution in [0.25, 0.3) is 5.69 Å². The maximum atomic E-state index is 6.10. The SMILES string of the molecule is COCCNCc1cnn(-c2cccc(Cl)c2)c1C1CC1. The summed E-state index contributed by atoms with van der Waals surface area (Å²) in [5.41, 5.74) is 3.63. The van der Waals surface area contributed by atoms with E-state index in [1.165, 1.54) is 24.1 Å². The van der Waals surface area contributed by atoms with Gasteiger partial charge in [-0.1, -0.05) is 17.7 Å². The van der Waals surface area contributed by atoms with Crippen molar-refractivity contribution in [2.75, 3.05) is 20.3 Å². The summed E-state index contributed by atoms with van der Waals surface area (Å²) >= 11 is 6.10. The fourth-order valence-electron chi connectivity index (χ4n) is 2.53. The molecule has 0 amide bonds. The molecule has 1 fully saturated rings. The van der Waals surface area contributed by atoms with Gasteiger partial charge >= 0.3 is 0 Å². The molecule has 0 bridgehead atoms. The number of aromatic nitrogens is 2. The van der Waals surface area contributed by atoms with Crippen LogP contribution in [0.2, 0.25) is 5.02 Å². The van der Waals surface area contributed by atoms with Crippen molar-refractivity contribution in [3.8, 4) is 5.69 Å². The molecule has 0 aliphatic heterocycles. The van der Waals surface area contributed by atoms with Crippen LogP contribution >= 0.6 is 11.6 Å². The molecule has 5 heteroatoms. The van der Waals surface area contributed by atoms with E-state index in [1.54, 1.807) is 7.11 Å². The highest BCUT2D eigenvalue weighted by atomic mass is 35.5. The summed E-state index contributed by atoms with van der Waals surface area (Å²) in [6, 6.07) is 7.86. The van der Waals surface area contributed by atoms with Crippen molar-refractivity contribution >= 4 is 11.6 Å². The summed E-state index contributed by atoms with van der Waals surface area (Å²) in [7, 11) is 1.72. The lowest BCUT2D eigenvalue weighted by molar-refractivity contribution is 0.199. The number of rotatable bonds is 7. The van der Waals surface area contributed by atoms with Gasteiger partial charge in [-0.3, -0.25) is 0 Å². The normalized spacial score (nSPS) is 14.6. The highest BCUT2D eigenvalue weighted by molar-refractivity contribution is 6.30. The predicted molar refractivity (Wildman–Crippen MR) is 84.1 cm³/mol. The molecule has 1 aliphatic rings. The van der Waals surface area contributed by atoms with Crippen LogP contribution in [0.5, 0.6) is 0 Å². The number of nitrogens with zero attached hydrogens (tertiary/aromatic N) is 2. The quantitative estimate of drug-likeness (QED) is 0.799. The maximum Gasteiger partial charge on any atom is 0.0663 e. The Balaban J connectivity index is 1.83. The predicted octanol–water partition coefficient (Wildman–Crippen LogP) is 3.14. The molecule has 1 N–H and O–H groups in total. The van der Waals surface area contributed by atoms with Gasteiger partial charge < -0.3 is 10.1 Å². The second-order valence-electron chi connectivity index (χ2n) is 5.39. The van der Waals surface area contributed by atoms with Crippen LogP contribution < -0.4 is 5.32 Å². The smallest absolute Gasteiger partial charge is 0.0663 e. The van der Waals surface area contributed by atoms with Crippen LogP contribution in [0.3, 0.4) is 0 Å². The molecule has 3 rings (SSSR count). The number of halogens is 1. The van der Waals surface area contributed by atoms with Crippen LogP contribution in [0.15, 0.2) is 30.5 Å². The van der Waals surface area contributed by atoms with Gasteiger partial charge in [0.05, 0.1) is 24.2 Å². The van der Waals surface area contributed by atoms with Crippen LogP contribution in [0, 0.1) is 0 Å². The first-order valence-electron chi connectivity index (χ1n) is 7.32. The molecular weight excluding hydrogens is 286 g/mol. The second-order valence-corrected chi connectivity index (χ2v) is 5.83. The first-order chi connectivity index (χ1) is 10.3. The molecule has 0 saturated heterocycles. The van der Waals surface area contributed by atoms with E-state index in [1.807, 2.05) is 35.1 Å². The average Bonchev–Trinajstić information content (AvgIpc) is 3.24. The van der Waals surface area contributed by atoms with Gasteiger partial charge in [-0.2, -0.15) is 5.10 Å². The molecule has 0 unspecified atom stereocenters. The zero-order chi connectivity index (χ0) is 14.7. The lowest BCUT2D eigenvalue weighted by atomic mass is 10.1. The standard InChI is InChI=1S/C16H20ClN3O/c1-21-8-7-18-10-13-11-19-20(16(13)12-5-6-12)15-4-2-3-14(17)9-15/h2-4,9,11-12,18H,5-8,10H2,1H3. The number of methoxy groups -OCH3 is 1. The van der Waals surface area contributed by atoms with Crippen molar-refractivity contribution in [3.05, 3.63) is 46.7 Å². The van der Waals surface area contributed by atoms with E-state index < -0.39 is 0 Å². The Morgan fingerprint density at radius 3 is 3.00 bits per heavy atom. The van der Waals surface area contributed by atoms with Gasteiger partial charge in [-0.15, -0.1) is 0 Å². The van der Waals surface area contributed by atoms with E-state index in [4.69, 9.17) is 16.3 Å². The topological polar surface area (TPSA) is 39.1 Å². The molecule has 2 aromatic rings. The van der Waals surface area contributed by atoms with Gasteiger partial charge in [-0.25, -0.2) is 4.68 Å². The first kappa shape index (κ1) is 14.6. The monoisotopic (exact) mass is 305 g/mol. The van der Waals surface area contributed by atoms with Gasteiger partial charge in [-0.05, 0) is 31.0 Å². The molecule has 1 aromatic heterocycles. The lowest BCUT2D eigenvalue weighted by Crippen LogP contribution is -2.19. The van der Waals surface area contributed by atoms with Gasteiger partial charge in [0.15, 0.2) is 0 Å². The molecule has 21 heavy (non-hydrogen) atoms. The lowest BCUT2D eigenvalue weighted by Gasteiger charge is -2.10. The number of nitrogens with one attached hydrogen (secondary N) is 1. The third-order valence-corrected chi connectivity index (χ3v) is 3.94. The molecule has 0 radical (unpaired) electrons. The number of ether oxygens (including phenoxy) is 1. The summed E-state index contributed by atoms with van der Waals surface area (Å²) < 4.78 is 7.10. The third kappa shape index (κ3) is 3.46. The van der Waals surface area contributed by atoms with Crippen LogP contribution in [-0.4, -0.2) is 30.0 Å². The van der Waals surface area contributed by atoms with Crippen molar-refractivity contribution in [2.24, 2.45) is 0 Å². The van der Waals surface area contributed by atoms with Crippen LogP contribution in [0.4, 0.5) is 0 Å². The van der Waals surface area contributed by atoms with E-state index in [2.05, 4.69) is 10.4 Å². The van der Waals surface area contributed by atoms with E-state index >= 15 is 0 Å². The summed E-state index contributed by atoms with van der Waals surface area (Å²) in [5.74, 6) is 0.630. The Hall–Kier alpha value is -1.36. The Kier molecular flexibility index (Phi) is 4.58. The summed E-state index contributed by atoms with van der Waals surface area (Å²) in [6.07, 6.45) is 4.46. The highest BCUT2D eigenvalue weighted by Crippen LogP contribution is 2.42. The van der Waals surface area contributed by atoms with Crippen molar-refractivity contribution in [2.45, 2.75) is 25.3 Å². The zero-order valence-corrected chi connectivity index (χ0v) is 12.9. The number of hydrogen-bond acceptors (Lipinski definition) is 3. The summed E-state index contributed by atoms with van der Waals surface area (Å²) in [4.78, 5) is 0. The van der Waals surface area contributed by atoms with Gasteiger partial charge in [0.2, 0.25) is 0 Å². The van der Waals surface area contributed by atoms with Crippen molar-refractivity contribution in [1.29, 1.82) is 0 Å². The average molecular weight is 306 g/mol. The molecule has 1 saturated carbocycles. The maximum absolute atomic E-state index is 6.10. The molecule has 1 heterocycles. The number of hydrogen-bond donors (Lipinski definition) is 1. The van der Waals surface area contributed by atoms with Gasteiger partial charge in [0.25, 0.3) is 0 Å². The van der Waals surface area contributed by atoms with E-state index in [-0.39, 0.29) is 0 Å². The Labute approximate surface area is 130 Å². The van der Waals surface area contributed by atoms with Gasteiger partial charge in [0.1, 0.15) is 0 Å². The summed E-state index contributed by atoms with van der Waals surface area (Å²) in [6.45, 7) is 2.40. The minimum absolute atomic E-state index is 0.630. The fourth-order valence-corrected chi connectivity index (χ4v) is 2.72. The Morgan fingerprint density at radius 1 is 1.43 bits per heavy atom. The molecule has 112 valence electrons. The molecule has 0 spiro atoms. The summed E-state index contributed by atoms with van der Waals surface area (Å²) in [5, 5.41) is 8.71. The molecular formula is C16H20ClN3O. The first-order valence-corrected chi connectivity index (χ1v) is 7.70. The third-order valence-electron chi connectivity index (χ3n) is 3.70. The minimum atomic E-state index is 0.630. The largest absolute Gasteiger partial charge is 0.383 e. The van der Waals surface area contributed by atoms with Gasteiger partial charge in [0, 0.05) is 36.7 Å².